The number of likely N-dealkylation sites (tertiary alicyclic amines) is 1. The molecule has 0 aromatic carbocycles. The first-order chi connectivity index (χ1) is 7.81. The zero-order valence-corrected chi connectivity index (χ0v) is 10.8. The van der Waals surface area contributed by atoms with E-state index in [4.69, 9.17) is 5.73 Å². The zero-order chi connectivity index (χ0) is 11.4. The van der Waals surface area contributed by atoms with Gasteiger partial charge in [-0.1, -0.05) is 26.2 Å². The summed E-state index contributed by atoms with van der Waals surface area (Å²) in [6.45, 7) is 4.94. The van der Waals surface area contributed by atoms with Crippen LogP contribution in [0.3, 0.4) is 0 Å². The molecule has 0 radical (unpaired) electrons. The topological polar surface area (TPSA) is 29.3 Å². The van der Waals surface area contributed by atoms with Crippen molar-refractivity contribution in [3.8, 4) is 0 Å². The molecule has 0 bridgehead atoms. The van der Waals surface area contributed by atoms with Gasteiger partial charge in [-0.25, -0.2) is 0 Å². The van der Waals surface area contributed by atoms with Gasteiger partial charge < -0.3 is 10.6 Å². The molecule has 1 heterocycles. The molecule has 1 saturated carbocycles. The quantitative estimate of drug-likeness (QED) is 0.798. The summed E-state index contributed by atoms with van der Waals surface area (Å²) in [6.07, 6.45) is 11.0. The molecule has 0 aromatic heterocycles. The molecule has 2 heteroatoms. The first-order valence-corrected chi connectivity index (χ1v) is 7.31. The predicted molar refractivity (Wildman–Crippen MR) is 69.4 cm³/mol. The van der Waals surface area contributed by atoms with E-state index < -0.39 is 0 Å². The van der Waals surface area contributed by atoms with Gasteiger partial charge in [0.2, 0.25) is 0 Å². The third-order valence-corrected chi connectivity index (χ3v) is 4.66. The molecule has 16 heavy (non-hydrogen) atoms. The second-order valence-corrected chi connectivity index (χ2v) is 5.76. The van der Waals surface area contributed by atoms with Crippen LogP contribution in [0, 0.1) is 5.92 Å². The smallest absolute Gasteiger partial charge is 0.00927 e. The van der Waals surface area contributed by atoms with Crippen LogP contribution in [-0.2, 0) is 0 Å². The molecule has 2 N–H and O–H groups in total. The average Bonchev–Trinajstić information content (AvgIpc) is 2.33. The molecule has 0 aromatic rings. The van der Waals surface area contributed by atoms with E-state index in [-0.39, 0.29) is 0 Å². The fraction of sp³-hybridized carbons (Fsp3) is 1.00. The van der Waals surface area contributed by atoms with E-state index in [2.05, 4.69) is 11.8 Å². The summed E-state index contributed by atoms with van der Waals surface area (Å²) in [5, 5.41) is 0. The van der Waals surface area contributed by atoms with Crippen LogP contribution in [-0.4, -0.2) is 30.1 Å². The summed E-state index contributed by atoms with van der Waals surface area (Å²) in [5.74, 6) is 0.779. The van der Waals surface area contributed by atoms with Gasteiger partial charge in [0, 0.05) is 18.6 Å². The summed E-state index contributed by atoms with van der Waals surface area (Å²) >= 11 is 0. The van der Waals surface area contributed by atoms with Gasteiger partial charge >= 0.3 is 0 Å². The molecule has 2 rings (SSSR count). The lowest BCUT2D eigenvalue weighted by Crippen LogP contribution is -2.46. The zero-order valence-electron chi connectivity index (χ0n) is 10.8. The minimum Gasteiger partial charge on any atom is -0.327 e. The fourth-order valence-corrected chi connectivity index (χ4v) is 3.53. The van der Waals surface area contributed by atoms with Crippen LogP contribution >= 0.6 is 0 Å². The van der Waals surface area contributed by atoms with E-state index in [0.29, 0.717) is 6.04 Å². The highest BCUT2D eigenvalue weighted by atomic mass is 15.2. The third kappa shape index (κ3) is 2.98. The van der Waals surface area contributed by atoms with Crippen LogP contribution in [0.25, 0.3) is 0 Å². The summed E-state index contributed by atoms with van der Waals surface area (Å²) in [4.78, 5) is 2.74. The number of piperidine rings is 1. The van der Waals surface area contributed by atoms with Crippen LogP contribution in [0.1, 0.15) is 58.3 Å². The average molecular weight is 224 g/mol. The van der Waals surface area contributed by atoms with E-state index >= 15 is 0 Å². The van der Waals surface area contributed by atoms with Crippen LogP contribution in [0.2, 0.25) is 0 Å². The standard InChI is InChI=1S/C14H28N2/c1-2-13-8-5-6-10-16(13)11-12-7-3-4-9-14(12)15/h12-14H,2-11,15H2,1H3. The lowest BCUT2D eigenvalue weighted by atomic mass is 9.84. The summed E-state index contributed by atoms with van der Waals surface area (Å²) < 4.78 is 0. The Hall–Kier alpha value is -0.0800. The van der Waals surface area contributed by atoms with Crippen LogP contribution in [0.15, 0.2) is 0 Å². The van der Waals surface area contributed by atoms with Crippen molar-refractivity contribution in [2.75, 3.05) is 13.1 Å². The molecule has 2 aliphatic rings. The first kappa shape index (κ1) is 12.4. The van der Waals surface area contributed by atoms with Gasteiger partial charge in [0.1, 0.15) is 0 Å². The van der Waals surface area contributed by atoms with Gasteiger partial charge in [-0.3, -0.25) is 0 Å². The molecule has 3 atom stereocenters. The molecule has 94 valence electrons. The molecular weight excluding hydrogens is 196 g/mol. The molecule has 1 saturated heterocycles. The lowest BCUT2D eigenvalue weighted by molar-refractivity contribution is 0.103. The Kier molecular flexibility index (Phi) is 4.66. The maximum Gasteiger partial charge on any atom is 0.00927 e. The molecule has 0 spiro atoms. The van der Waals surface area contributed by atoms with E-state index in [9.17, 15) is 0 Å². The molecule has 3 unspecified atom stereocenters. The van der Waals surface area contributed by atoms with Crippen LogP contribution in [0.5, 0.6) is 0 Å². The van der Waals surface area contributed by atoms with Gasteiger partial charge in [0.25, 0.3) is 0 Å². The Bertz CT molecular complexity index is 205. The van der Waals surface area contributed by atoms with E-state index in [1.807, 2.05) is 0 Å². The second-order valence-electron chi connectivity index (χ2n) is 5.76. The van der Waals surface area contributed by atoms with Crippen molar-refractivity contribution in [3.63, 3.8) is 0 Å². The largest absolute Gasteiger partial charge is 0.327 e. The molecule has 2 nitrogen and oxygen atoms in total. The van der Waals surface area contributed by atoms with E-state index in [0.717, 1.165) is 12.0 Å². The highest BCUT2D eigenvalue weighted by Crippen LogP contribution is 2.27. The number of nitrogens with two attached hydrogens (primary N) is 1. The number of rotatable bonds is 3. The van der Waals surface area contributed by atoms with Crippen LogP contribution in [0.4, 0.5) is 0 Å². The monoisotopic (exact) mass is 224 g/mol. The molecule has 1 aliphatic heterocycles. The highest BCUT2D eigenvalue weighted by molar-refractivity contribution is 4.84. The van der Waals surface area contributed by atoms with Gasteiger partial charge in [0.05, 0.1) is 0 Å². The van der Waals surface area contributed by atoms with Crippen molar-refractivity contribution < 1.29 is 0 Å². The van der Waals surface area contributed by atoms with Crippen molar-refractivity contribution in [1.29, 1.82) is 0 Å². The van der Waals surface area contributed by atoms with Crippen molar-refractivity contribution in [3.05, 3.63) is 0 Å². The summed E-state index contributed by atoms with van der Waals surface area (Å²) in [5.41, 5.74) is 6.26. The van der Waals surface area contributed by atoms with Gasteiger partial charge in [-0.2, -0.15) is 0 Å². The van der Waals surface area contributed by atoms with E-state index in [1.165, 1.54) is 64.5 Å². The Morgan fingerprint density at radius 3 is 2.56 bits per heavy atom. The van der Waals surface area contributed by atoms with Gasteiger partial charge in [-0.05, 0) is 44.6 Å². The van der Waals surface area contributed by atoms with Gasteiger partial charge in [0.15, 0.2) is 0 Å². The van der Waals surface area contributed by atoms with Crippen molar-refractivity contribution >= 4 is 0 Å². The second kappa shape index (κ2) is 6.02. The van der Waals surface area contributed by atoms with Gasteiger partial charge in [-0.15, -0.1) is 0 Å². The Labute approximate surface area is 101 Å². The molecular formula is C14H28N2. The fourth-order valence-electron chi connectivity index (χ4n) is 3.53. The predicted octanol–water partition coefficient (Wildman–Crippen LogP) is 2.77. The third-order valence-electron chi connectivity index (χ3n) is 4.66. The van der Waals surface area contributed by atoms with Crippen molar-refractivity contribution in [2.45, 2.75) is 70.4 Å². The normalized spacial score (nSPS) is 37.5. The molecule has 0 amide bonds. The van der Waals surface area contributed by atoms with Crippen LogP contribution < -0.4 is 5.73 Å². The SMILES string of the molecule is CCC1CCCCN1CC1CCCCC1N. The number of hydrogen-bond acceptors (Lipinski definition) is 2. The van der Waals surface area contributed by atoms with Crippen molar-refractivity contribution in [2.24, 2.45) is 11.7 Å². The number of hydrogen-bond donors (Lipinski definition) is 1. The minimum atomic E-state index is 0.480. The summed E-state index contributed by atoms with van der Waals surface area (Å²) in [6, 6.07) is 1.33. The Morgan fingerprint density at radius 1 is 1.06 bits per heavy atom. The lowest BCUT2D eigenvalue weighted by Gasteiger charge is -2.40. The number of nitrogens with zero attached hydrogens (tertiary/aromatic N) is 1. The molecule has 1 aliphatic carbocycles. The minimum absolute atomic E-state index is 0.480. The Morgan fingerprint density at radius 2 is 1.81 bits per heavy atom. The first-order valence-electron chi connectivity index (χ1n) is 7.31. The molecule has 2 fully saturated rings. The Balaban J connectivity index is 1.86. The highest BCUT2D eigenvalue weighted by Gasteiger charge is 2.27. The van der Waals surface area contributed by atoms with Crippen molar-refractivity contribution in [1.82, 2.24) is 4.90 Å². The van der Waals surface area contributed by atoms with E-state index in [1.54, 1.807) is 0 Å². The maximum atomic E-state index is 6.26. The summed E-state index contributed by atoms with van der Waals surface area (Å²) in [7, 11) is 0. The maximum absolute atomic E-state index is 6.26.